The molecule has 0 amide bonds. The van der Waals surface area contributed by atoms with Gasteiger partial charge in [0.15, 0.2) is 0 Å². The van der Waals surface area contributed by atoms with E-state index in [0.717, 1.165) is 25.2 Å². The number of aliphatic hydroxyl groups excluding tert-OH is 2. The molecule has 217 valence electrons. The first-order valence-corrected chi connectivity index (χ1v) is 12.1. The van der Waals surface area contributed by atoms with Gasteiger partial charge >= 0.3 is 0 Å². The van der Waals surface area contributed by atoms with Gasteiger partial charge in [-0.3, -0.25) is 14.8 Å². The molecule has 9 nitrogen and oxygen atoms in total. The van der Waals surface area contributed by atoms with E-state index in [4.69, 9.17) is 34.2 Å². The van der Waals surface area contributed by atoms with Crippen LogP contribution in [0.5, 0.6) is 0 Å². The second kappa shape index (κ2) is 24.2. The average molecular weight is 586 g/mol. The SMILES string of the molecule is C=NC(C(=C)/C=C\C)C(N=CC1=C(O)C(OCCOCCOC)CC=C1)c1ccccc1.CC(=O)O.CO.[Mn]. The molecule has 1 aromatic carbocycles. The van der Waals surface area contributed by atoms with Crippen molar-refractivity contribution in [1.82, 2.24) is 0 Å². The zero-order valence-corrected chi connectivity index (χ0v) is 24.4. The number of aliphatic hydroxyl groups is 2. The quantitative estimate of drug-likeness (QED) is 0.127. The number of nitrogens with zero attached hydrogens (tertiary/aromatic N) is 2. The van der Waals surface area contributed by atoms with Gasteiger partial charge in [-0.25, -0.2) is 0 Å². The van der Waals surface area contributed by atoms with E-state index in [0.29, 0.717) is 38.4 Å². The Labute approximate surface area is 242 Å². The van der Waals surface area contributed by atoms with Crippen LogP contribution in [0.1, 0.15) is 31.9 Å². The van der Waals surface area contributed by atoms with Crippen LogP contribution in [0, 0.1) is 0 Å². The smallest absolute Gasteiger partial charge is 0.300 e. The van der Waals surface area contributed by atoms with E-state index in [9.17, 15) is 5.11 Å². The summed E-state index contributed by atoms with van der Waals surface area (Å²) in [4.78, 5) is 18.1. The van der Waals surface area contributed by atoms with E-state index in [1.165, 1.54) is 0 Å². The summed E-state index contributed by atoms with van der Waals surface area (Å²) >= 11 is 0. The average Bonchev–Trinajstić information content (AvgIpc) is 2.91. The van der Waals surface area contributed by atoms with Crippen LogP contribution in [0.2, 0.25) is 0 Å². The van der Waals surface area contributed by atoms with Gasteiger partial charge in [0, 0.05) is 50.0 Å². The summed E-state index contributed by atoms with van der Waals surface area (Å²) in [6, 6.07) is 9.25. The number of hydrogen-bond donors (Lipinski definition) is 3. The second-order valence-corrected chi connectivity index (χ2v) is 7.80. The van der Waals surface area contributed by atoms with Gasteiger partial charge in [0.2, 0.25) is 0 Å². The maximum atomic E-state index is 10.7. The van der Waals surface area contributed by atoms with Gasteiger partial charge < -0.3 is 29.5 Å². The zero-order valence-electron chi connectivity index (χ0n) is 23.2. The molecule has 0 heterocycles. The Morgan fingerprint density at radius 1 is 1.18 bits per heavy atom. The Kier molecular flexibility index (Phi) is 23.8. The molecule has 0 fully saturated rings. The first-order chi connectivity index (χ1) is 18.3. The van der Waals surface area contributed by atoms with E-state index >= 15 is 0 Å². The molecule has 2 rings (SSSR count). The minimum Gasteiger partial charge on any atom is -0.509 e. The maximum Gasteiger partial charge on any atom is 0.300 e. The number of allylic oxidation sites excluding steroid dienone is 3. The Morgan fingerprint density at radius 2 is 1.79 bits per heavy atom. The molecule has 39 heavy (non-hydrogen) atoms. The van der Waals surface area contributed by atoms with E-state index in [2.05, 4.69) is 18.3 Å². The summed E-state index contributed by atoms with van der Waals surface area (Å²) in [6.07, 6.45) is 9.51. The van der Waals surface area contributed by atoms with Crippen molar-refractivity contribution in [1.29, 1.82) is 0 Å². The zero-order chi connectivity index (χ0) is 28.8. The number of rotatable bonds is 14. The molecule has 1 aliphatic rings. The molecular formula is C29H42MnN2O7. The molecule has 10 heteroatoms. The van der Waals surface area contributed by atoms with Crippen molar-refractivity contribution in [3.05, 3.63) is 83.7 Å². The van der Waals surface area contributed by atoms with Crippen LogP contribution < -0.4 is 0 Å². The van der Waals surface area contributed by atoms with E-state index in [1.807, 2.05) is 61.6 Å². The third-order valence-electron chi connectivity index (χ3n) is 5.00. The second-order valence-electron chi connectivity index (χ2n) is 7.80. The van der Waals surface area contributed by atoms with Crippen molar-refractivity contribution < 1.29 is 51.4 Å². The maximum absolute atomic E-state index is 10.7. The number of carbonyl (C=O) groups is 1. The monoisotopic (exact) mass is 585 g/mol. The molecule has 0 saturated heterocycles. The van der Waals surface area contributed by atoms with Crippen molar-refractivity contribution in [3.63, 3.8) is 0 Å². The number of aliphatic imine (C=N–C) groups is 2. The summed E-state index contributed by atoms with van der Waals surface area (Å²) in [7, 11) is 2.63. The van der Waals surface area contributed by atoms with Gasteiger partial charge in [-0.2, -0.15) is 0 Å². The standard InChI is InChI=1S/C26H34N2O4.C2H4O2.CH4O.Mn/c1-5-10-20(2)24(27-3)25(21-11-7-6-8-12-21)28-19-22-13-9-14-23(26(22)29)32-18-17-31-16-15-30-4;1-2(3)4;1-2;/h5-13,19,23-25,29H,2-3,14-18H2,1,4H3;1H3,(H,3,4);2H,1H3;/b10-5-,28-19?;;;. The van der Waals surface area contributed by atoms with Crippen LogP contribution in [0.4, 0.5) is 0 Å². The van der Waals surface area contributed by atoms with Gasteiger partial charge in [0.1, 0.15) is 23.9 Å². The fraction of sp³-hybridized carbons (Fsp3) is 0.414. The molecule has 3 atom stereocenters. The Bertz CT molecular complexity index is 942. The molecule has 0 spiro atoms. The van der Waals surface area contributed by atoms with Gasteiger partial charge in [-0.05, 0) is 31.2 Å². The first kappa shape index (κ1) is 38.3. The van der Waals surface area contributed by atoms with E-state index in [1.54, 1.807) is 13.3 Å². The van der Waals surface area contributed by atoms with Crippen molar-refractivity contribution >= 4 is 18.9 Å². The molecule has 1 aromatic rings. The molecule has 0 aromatic heterocycles. The Morgan fingerprint density at radius 3 is 2.36 bits per heavy atom. The normalized spacial score (nSPS) is 15.9. The summed E-state index contributed by atoms with van der Waals surface area (Å²) in [6.45, 7) is 12.8. The van der Waals surface area contributed by atoms with Crippen molar-refractivity contribution in [2.45, 2.75) is 38.5 Å². The van der Waals surface area contributed by atoms with Crippen LogP contribution in [-0.2, 0) is 36.1 Å². The molecule has 3 N–H and O–H groups in total. The summed E-state index contributed by atoms with van der Waals surface area (Å²) in [5.41, 5.74) is 2.43. The topological polar surface area (TPSA) is 130 Å². The van der Waals surface area contributed by atoms with Gasteiger partial charge in [-0.15, -0.1) is 0 Å². The molecule has 1 radical (unpaired) electrons. The molecule has 0 saturated carbocycles. The molecule has 3 unspecified atom stereocenters. The largest absolute Gasteiger partial charge is 0.509 e. The number of aliphatic carboxylic acids is 1. The van der Waals surface area contributed by atoms with Crippen LogP contribution in [0.25, 0.3) is 0 Å². The minimum absolute atomic E-state index is 0. The van der Waals surface area contributed by atoms with Crippen LogP contribution >= 0.6 is 0 Å². The molecule has 0 bridgehead atoms. The number of carboxylic acid groups (broad SMARTS) is 1. The third-order valence-corrected chi connectivity index (χ3v) is 5.00. The summed E-state index contributed by atoms with van der Waals surface area (Å²) in [5, 5.41) is 25.1. The predicted octanol–water partition coefficient (Wildman–Crippen LogP) is 4.52. The van der Waals surface area contributed by atoms with Crippen molar-refractivity contribution in [2.75, 3.05) is 40.6 Å². The van der Waals surface area contributed by atoms with Crippen molar-refractivity contribution in [2.24, 2.45) is 9.98 Å². The van der Waals surface area contributed by atoms with Gasteiger partial charge in [0.25, 0.3) is 5.97 Å². The fourth-order valence-electron chi connectivity index (χ4n) is 3.34. The molecule has 0 aliphatic heterocycles. The molecule has 1 aliphatic carbocycles. The summed E-state index contributed by atoms with van der Waals surface area (Å²) < 4.78 is 16.2. The molecular weight excluding hydrogens is 543 g/mol. The van der Waals surface area contributed by atoms with Gasteiger partial charge in [0.05, 0.1) is 26.4 Å². The predicted molar refractivity (Wildman–Crippen MR) is 152 cm³/mol. The number of carboxylic acids is 1. The third kappa shape index (κ3) is 16.0. The first-order valence-electron chi connectivity index (χ1n) is 12.1. The minimum atomic E-state index is -0.833. The van der Waals surface area contributed by atoms with Crippen LogP contribution in [-0.4, -0.2) is 87.0 Å². The summed E-state index contributed by atoms with van der Waals surface area (Å²) in [5.74, 6) is -0.671. The van der Waals surface area contributed by atoms with Gasteiger partial charge in [-0.1, -0.05) is 61.2 Å². The number of hydrogen-bond acceptors (Lipinski definition) is 8. The number of benzene rings is 1. The van der Waals surface area contributed by atoms with E-state index < -0.39 is 12.1 Å². The van der Waals surface area contributed by atoms with Crippen molar-refractivity contribution in [3.8, 4) is 0 Å². The fourth-order valence-corrected chi connectivity index (χ4v) is 3.34. The Balaban J connectivity index is 0. The number of methoxy groups -OCH3 is 1. The number of ether oxygens (including phenoxy) is 3. The van der Waals surface area contributed by atoms with Crippen LogP contribution in [0.3, 0.4) is 0 Å². The van der Waals surface area contributed by atoms with E-state index in [-0.39, 0.29) is 34.9 Å². The van der Waals surface area contributed by atoms with Crippen LogP contribution in [0.15, 0.2) is 88.1 Å². The Hall–Kier alpha value is -2.85.